The molecule has 142 valence electrons. The van der Waals surface area contributed by atoms with Crippen molar-refractivity contribution >= 4 is 11.8 Å². The Morgan fingerprint density at radius 3 is 2.69 bits per heavy atom. The van der Waals surface area contributed by atoms with E-state index in [4.69, 9.17) is 4.74 Å². The van der Waals surface area contributed by atoms with Gasteiger partial charge in [-0.2, -0.15) is 10.2 Å². The summed E-state index contributed by atoms with van der Waals surface area (Å²) in [6.45, 7) is 2.81. The van der Waals surface area contributed by atoms with Crippen molar-refractivity contribution in [3.63, 3.8) is 0 Å². The molecule has 1 heterocycles. The number of nitrogens with zero attached hydrogens (tertiary/aromatic N) is 3. The molecule has 2 fully saturated rings. The second-order valence-electron chi connectivity index (χ2n) is 7.30. The molecule has 0 unspecified atom stereocenters. The molecule has 7 nitrogen and oxygen atoms in total. The first kappa shape index (κ1) is 18.9. The van der Waals surface area contributed by atoms with Crippen LogP contribution in [-0.2, 0) is 4.74 Å². The van der Waals surface area contributed by atoms with E-state index in [2.05, 4.69) is 26.7 Å². The fourth-order valence-electron chi connectivity index (χ4n) is 3.92. The van der Waals surface area contributed by atoms with Crippen LogP contribution in [0.25, 0.3) is 0 Å². The molecule has 2 aliphatic rings. The topological polar surface area (TPSA) is 103 Å². The van der Waals surface area contributed by atoms with Crippen LogP contribution >= 0.6 is 0 Å². The molecule has 26 heavy (non-hydrogen) atoms. The Labute approximate surface area is 155 Å². The van der Waals surface area contributed by atoms with E-state index in [0.29, 0.717) is 35.9 Å². The number of hydrogen-bond donors (Lipinski definition) is 3. The molecule has 0 radical (unpaired) electrons. The van der Waals surface area contributed by atoms with E-state index in [9.17, 15) is 10.4 Å². The summed E-state index contributed by atoms with van der Waals surface area (Å²) in [4.78, 5) is 8.85. The van der Waals surface area contributed by atoms with Crippen molar-refractivity contribution in [3.05, 3.63) is 11.8 Å². The SMILES string of the molecule is CCO[C@H]1CC[C@H](Nc2ncc(C#N)c(N[C@H]3CCC[C@@H](O)C3)n2)CC1. The summed E-state index contributed by atoms with van der Waals surface area (Å²) in [6.07, 6.45) is 9.35. The van der Waals surface area contributed by atoms with Crippen LogP contribution in [0, 0.1) is 11.3 Å². The predicted molar refractivity (Wildman–Crippen MR) is 99.9 cm³/mol. The van der Waals surface area contributed by atoms with Gasteiger partial charge in [0.2, 0.25) is 5.95 Å². The van der Waals surface area contributed by atoms with Gasteiger partial charge in [0.15, 0.2) is 0 Å². The number of ether oxygens (including phenoxy) is 1. The molecule has 2 aliphatic carbocycles. The minimum absolute atomic E-state index is 0.148. The Bertz CT molecular complexity index is 625. The lowest BCUT2D eigenvalue weighted by molar-refractivity contribution is 0.0346. The first-order valence-corrected chi connectivity index (χ1v) is 9.77. The molecule has 1 aromatic heterocycles. The van der Waals surface area contributed by atoms with Crippen LogP contribution in [0.4, 0.5) is 11.8 Å². The Kier molecular flexibility index (Phi) is 6.64. The average molecular weight is 359 g/mol. The van der Waals surface area contributed by atoms with Gasteiger partial charge in [-0.05, 0) is 58.3 Å². The van der Waals surface area contributed by atoms with Crippen LogP contribution in [-0.4, -0.2) is 46.0 Å². The van der Waals surface area contributed by atoms with Gasteiger partial charge >= 0.3 is 0 Å². The van der Waals surface area contributed by atoms with Crippen LogP contribution in [0.3, 0.4) is 0 Å². The summed E-state index contributed by atoms with van der Waals surface area (Å²) in [5, 5.41) is 25.9. The van der Waals surface area contributed by atoms with Crippen LogP contribution in [0.15, 0.2) is 6.20 Å². The maximum atomic E-state index is 9.85. The summed E-state index contributed by atoms with van der Waals surface area (Å²) in [5.74, 6) is 1.12. The fraction of sp³-hybridized carbons (Fsp3) is 0.737. The maximum absolute atomic E-state index is 9.85. The molecule has 1 aromatic rings. The highest BCUT2D eigenvalue weighted by Gasteiger charge is 2.24. The lowest BCUT2D eigenvalue weighted by Gasteiger charge is -2.29. The Morgan fingerprint density at radius 2 is 2.00 bits per heavy atom. The molecule has 0 aromatic carbocycles. The number of anilines is 2. The standard InChI is InChI=1S/C19H29N5O2/c1-2-26-17-8-6-14(7-9-17)23-19-21-12-13(11-20)18(24-19)22-15-4-3-5-16(25)10-15/h12,14-17,25H,2-10H2,1H3,(H2,21,22,23,24)/t14-,15-,16+,17-/m0/s1. The Hall–Kier alpha value is -1.91. The number of aliphatic hydroxyl groups excluding tert-OH is 1. The molecule has 0 spiro atoms. The van der Waals surface area contributed by atoms with Gasteiger partial charge in [-0.3, -0.25) is 0 Å². The van der Waals surface area contributed by atoms with Crippen LogP contribution < -0.4 is 10.6 Å². The zero-order valence-electron chi connectivity index (χ0n) is 15.4. The highest BCUT2D eigenvalue weighted by molar-refractivity contribution is 5.54. The molecule has 0 saturated heterocycles. The molecule has 2 atom stereocenters. The number of hydrogen-bond acceptors (Lipinski definition) is 7. The fourth-order valence-corrected chi connectivity index (χ4v) is 3.92. The van der Waals surface area contributed by atoms with E-state index >= 15 is 0 Å². The van der Waals surface area contributed by atoms with Gasteiger partial charge in [-0.25, -0.2) is 4.98 Å². The van der Waals surface area contributed by atoms with Crippen molar-refractivity contribution in [2.45, 2.75) is 82.6 Å². The van der Waals surface area contributed by atoms with Crippen molar-refractivity contribution in [2.75, 3.05) is 17.2 Å². The zero-order chi connectivity index (χ0) is 18.4. The van der Waals surface area contributed by atoms with E-state index in [-0.39, 0.29) is 12.1 Å². The Balaban J connectivity index is 1.61. The largest absolute Gasteiger partial charge is 0.393 e. The van der Waals surface area contributed by atoms with Gasteiger partial charge in [0.25, 0.3) is 0 Å². The summed E-state index contributed by atoms with van der Waals surface area (Å²) >= 11 is 0. The normalized spacial score (nSPS) is 29.0. The maximum Gasteiger partial charge on any atom is 0.224 e. The van der Waals surface area contributed by atoms with Gasteiger partial charge in [0, 0.05) is 18.7 Å². The predicted octanol–water partition coefficient (Wildman–Crippen LogP) is 2.82. The molecule has 0 bridgehead atoms. The van der Waals surface area contributed by atoms with Gasteiger partial charge in [-0.15, -0.1) is 0 Å². The lowest BCUT2D eigenvalue weighted by atomic mass is 9.93. The second kappa shape index (κ2) is 9.15. The first-order valence-electron chi connectivity index (χ1n) is 9.77. The summed E-state index contributed by atoms with van der Waals surface area (Å²) in [7, 11) is 0. The van der Waals surface area contributed by atoms with E-state index in [1.807, 2.05) is 6.92 Å². The molecular weight excluding hydrogens is 330 g/mol. The van der Waals surface area contributed by atoms with Gasteiger partial charge in [0.05, 0.1) is 18.4 Å². The number of nitriles is 1. The number of aromatic nitrogens is 2. The molecule has 2 saturated carbocycles. The van der Waals surface area contributed by atoms with Crippen molar-refractivity contribution in [1.82, 2.24) is 9.97 Å². The molecule has 0 amide bonds. The molecule has 3 N–H and O–H groups in total. The number of rotatable bonds is 6. The van der Waals surface area contributed by atoms with Crippen molar-refractivity contribution in [2.24, 2.45) is 0 Å². The molecule has 7 heteroatoms. The number of aliphatic hydroxyl groups is 1. The van der Waals surface area contributed by atoms with E-state index < -0.39 is 0 Å². The van der Waals surface area contributed by atoms with Crippen LogP contribution in [0.1, 0.15) is 63.9 Å². The smallest absolute Gasteiger partial charge is 0.224 e. The minimum atomic E-state index is -0.272. The zero-order valence-corrected chi connectivity index (χ0v) is 15.4. The van der Waals surface area contributed by atoms with Crippen molar-refractivity contribution < 1.29 is 9.84 Å². The first-order chi connectivity index (χ1) is 12.7. The Morgan fingerprint density at radius 1 is 1.19 bits per heavy atom. The highest BCUT2D eigenvalue weighted by atomic mass is 16.5. The van der Waals surface area contributed by atoms with Crippen molar-refractivity contribution in [3.8, 4) is 6.07 Å². The third-order valence-electron chi connectivity index (χ3n) is 5.31. The summed E-state index contributed by atoms with van der Waals surface area (Å²) in [5.41, 5.74) is 0.440. The van der Waals surface area contributed by atoms with Gasteiger partial charge in [-0.1, -0.05) is 0 Å². The number of nitrogens with one attached hydrogen (secondary N) is 2. The third kappa shape index (κ3) is 5.05. The minimum Gasteiger partial charge on any atom is -0.393 e. The third-order valence-corrected chi connectivity index (χ3v) is 5.31. The van der Waals surface area contributed by atoms with Gasteiger partial charge < -0.3 is 20.5 Å². The average Bonchev–Trinajstić information content (AvgIpc) is 2.64. The molecule has 3 rings (SSSR count). The second-order valence-corrected chi connectivity index (χ2v) is 7.30. The van der Waals surface area contributed by atoms with Gasteiger partial charge in [0.1, 0.15) is 17.5 Å². The highest BCUT2D eigenvalue weighted by Crippen LogP contribution is 2.25. The lowest BCUT2D eigenvalue weighted by Crippen LogP contribution is -2.31. The van der Waals surface area contributed by atoms with Crippen LogP contribution in [0.5, 0.6) is 0 Å². The van der Waals surface area contributed by atoms with Crippen LogP contribution in [0.2, 0.25) is 0 Å². The van der Waals surface area contributed by atoms with E-state index in [1.165, 1.54) is 0 Å². The summed E-state index contributed by atoms with van der Waals surface area (Å²) < 4.78 is 5.70. The quantitative estimate of drug-likeness (QED) is 0.717. The monoisotopic (exact) mass is 359 g/mol. The van der Waals surface area contributed by atoms with E-state index in [0.717, 1.165) is 51.6 Å². The van der Waals surface area contributed by atoms with Crippen molar-refractivity contribution in [1.29, 1.82) is 5.26 Å². The molecular formula is C19H29N5O2. The van der Waals surface area contributed by atoms with E-state index in [1.54, 1.807) is 6.20 Å². The molecule has 0 aliphatic heterocycles. The summed E-state index contributed by atoms with van der Waals surface area (Å²) in [6, 6.07) is 2.64.